The Kier molecular flexibility index (Phi) is 9.53. The minimum Gasteiger partial charge on any atom is -0.496 e. The SMILES string of the molecule is COCCN(Cc1ccc(C(=O)OC)cc1)CC1CCN(Cc2ccccc2OC)CC1. The summed E-state index contributed by atoms with van der Waals surface area (Å²) in [6.07, 6.45) is 2.39. The topological polar surface area (TPSA) is 51.2 Å². The van der Waals surface area contributed by atoms with Crippen molar-refractivity contribution in [2.45, 2.75) is 25.9 Å². The lowest BCUT2D eigenvalue weighted by atomic mass is 9.95. The van der Waals surface area contributed by atoms with Crippen LogP contribution in [0, 0.1) is 5.92 Å². The van der Waals surface area contributed by atoms with Gasteiger partial charge in [0.05, 0.1) is 26.4 Å². The Morgan fingerprint density at radius 1 is 1.03 bits per heavy atom. The van der Waals surface area contributed by atoms with Crippen molar-refractivity contribution < 1.29 is 19.0 Å². The van der Waals surface area contributed by atoms with Crippen molar-refractivity contribution >= 4 is 5.97 Å². The van der Waals surface area contributed by atoms with Crippen LogP contribution in [0.3, 0.4) is 0 Å². The van der Waals surface area contributed by atoms with Gasteiger partial charge in [0.25, 0.3) is 0 Å². The number of hydrogen-bond donors (Lipinski definition) is 0. The average molecular weight is 441 g/mol. The summed E-state index contributed by atoms with van der Waals surface area (Å²) >= 11 is 0. The first kappa shape index (κ1) is 24.2. The molecule has 2 aromatic rings. The van der Waals surface area contributed by atoms with E-state index in [0.29, 0.717) is 18.1 Å². The molecule has 6 heteroatoms. The first-order chi connectivity index (χ1) is 15.6. The Hall–Kier alpha value is -2.41. The summed E-state index contributed by atoms with van der Waals surface area (Å²) in [7, 11) is 4.90. The fourth-order valence-corrected chi connectivity index (χ4v) is 4.34. The molecule has 0 amide bonds. The van der Waals surface area contributed by atoms with Crippen molar-refractivity contribution in [2.24, 2.45) is 5.92 Å². The van der Waals surface area contributed by atoms with Crippen LogP contribution in [0.5, 0.6) is 5.75 Å². The summed E-state index contributed by atoms with van der Waals surface area (Å²) in [5.41, 5.74) is 3.04. The van der Waals surface area contributed by atoms with Crippen molar-refractivity contribution in [3.63, 3.8) is 0 Å². The molecule has 0 aromatic heterocycles. The molecule has 2 aromatic carbocycles. The molecule has 0 radical (unpaired) electrons. The second-order valence-electron chi connectivity index (χ2n) is 8.45. The standard InChI is InChI=1S/C26H36N2O4/c1-30-17-16-28(18-21-8-10-23(11-9-21)26(29)32-3)19-22-12-14-27(15-13-22)20-24-6-4-5-7-25(24)31-2/h4-11,22H,12-20H2,1-3H3. The highest BCUT2D eigenvalue weighted by molar-refractivity contribution is 5.89. The summed E-state index contributed by atoms with van der Waals surface area (Å²) in [5.74, 6) is 1.35. The molecule has 6 nitrogen and oxygen atoms in total. The van der Waals surface area contributed by atoms with Gasteiger partial charge in [0.2, 0.25) is 0 Å². The number of esters is 1. The van der Waals surface area contributed by atoms with Gasteiger partial charge in [-0.25, -0.2) is 4.79 Å². The van der Waals surface area contributed by atoms with Gasteiger partial charge in [0.15, 0.2) is 0 Å². The minimum atomic E-state index is -0.298. The summed E-state index contributed by atoms with van der Waals surface area (Å²) in [6.45, 7) is 6.68. The zero-order valence-electron chi connectivity index (χ0n) is 19.6. The van der Waals surface area contributed by atoms with Gasteiger partial charge in [-0.05, 0) is 55.6 Å². The molecule has 0 unspecified atom stereocenters. The van der Waals surface area contributed by atoms with E-state index >= 15 is 0 Å². The number of carbonyl (C=O) groups excluding carboxylic acids is 1. The molecule has 32 heavy (non-hydrogen) atoms. The zero-order valence-corrected chi connectivity index (χ0v) is 19.6. The third-order valence-electron chi connectivity index (χ3n) is 6.20. The number of benzene rings is 2. The molecule has 174 valence electrons. The second-order valence-corrected chi connectivity index (χ2v) is 8.45. The summed E-state index contributed by atoms with van der Waals surface area (Å²) in [6, 6.07) is 16.0. The van der Waals surface area contributed by atoms with Crippen LogP contribution >= 0.6 is 0 Å². The first-order valence-electron chi connectivity index (χ1n) is 11.4. The van der Waals surface area contributed by atoms with E-state index < -0.39 is 0 Å². The molecule has 3 rings (SSSR count). The van der Waals surface area contributed by atoms with Crippen LogP contribution < -0.4 is 4.74 Å². The number of ether oxygens (including phenoxy) is 3. The van der Waals surface area contributed by atoms with Gasteiger partial charge in [-0.2, -0.15) is 0 Å². The zero-order chi connectivity index (χ0) is 22.8. The maximum Gasteiger partial charge on any atom is 0.337 e. The smallest absolute Gasteiger partial charge is 0.337 e. The molecular formula is C26H36N2O4. The van der Waals surface area contributed by atoms with E-state index in [1.54, 1.807) is 14.2 Å². The van der Waals surface area contributed by atoms with E-state index in [9.17, 15) is 4.79 Å². The van der Waals surface area contributed by atoms with Crippen molar-refractivity contribution in [1.29, 1.82) is 0 Å². The number of para-hydroxylation sites is 1. The number of hydrogen-bond acceptors (Lipinski definition) is 6. The van der Waals surface area contributed by atoms with Crippen LogP contribution in [-0.4, -0.2) is 69.9 Å². The Morgan fingerprint density at radius 3 is 2.41 bits per heavy atom. The maximum absolute atomic E-state index is 11.7. The predicted molar refractivity (Wildman–Crippen MR) is 126 cm³/mol. The van der Waals surface area contributed by atoms with Crippen molar-refractivity contribution in [3.05, 3.63) is 65.2 Å². The molecule has 0 spiro atoms. The van der Waals surface area contributed by atoms with Gasteiger partial charge in [-0.15, -0.1) is 0 Å². The molecule has 0 saturated carbocycles. The number of likely N-dealkylation sites (tertiary alicyclic amines) is 1. The molecule has 0 atom stereocenters. The third-order valence-corrected chi connectivity index (χ3v) is 6.20. The summed E-state index contributed by atoms with van der Waals surface area (Å²) in [5, 5.41) is 0. The average Bonchev–Trinajstić information content (AvgIpc) is 2.84. The van der Waals surface area contributed by atoms with Gasteiger partial charge >= 0.3 is 5.97 Å². The number of methoxy groups -OCH3 is 3. The molecule has 1 fully saturated rings. The van der Waals surface area contributed by atoms with Crippen molar-refractivity contribution in [1.82, 2.24) is 9.80 Å². The van der Waals surface area contributed by atoms with E-state index in [1.165, 1.54) is 31.1 Å². The highest BCUT2D eigenvalue weighted by Gasteiger charge is 2.22. The third kappa shape index (κ3) is 7.05. The van der Waals surface area contributed by atoms with Crippen LogP contribution in [0.2, 0.25) is 0 Å². The molecule has 1 aliphatic rings. The van der Waals surface area contributed by atoms with Gasteiger partial charge in [-0.3, -0.25) is 9.80 Å². The highest BCUT2D eigenvalue weighted by Crippen LogP contribution is 2.24. The Bertz CT molecular complexity index is 832. The lowest BCUT2D eigenvalue weighted by Gasteiger charge is -2.35. The predicted octanol–water partition coefficient (Wildman–Crippen LogP) is 3.84. The molecular weight excluding hydrogens is 404 g/mol. The van der Waals surface area contributed by atoms with E-state index in [1.807, 2.05) is 36.4 Å². The maximum atomic E-state index is 11.7. The minimum absolute atomic E-state index is 0.298. The van der Waals surface area contributed by atoms with Crippen LogP contribution in [0.1, 0.15) is 34.3 Å². The lowest BCUT2D eigenvalue weighted by Crippen LogP contribution is -2.39. The summed E-state index contributed by atoms with van der Waals surface area (Å²) in [4.78, 5) is 16.7. The number of piperidine rings is 1. The largest absolute Gasteiger partial charge is 0.496 e. The fraction of sp³-hybridized carbons (Fsp3) is 0.500. The molecule has 0 bridgehead atoms. The van der Waals surface area contributed by atoms with Gasteiger partial charge < -0.3 is 14.2 Å². The highest BCUT2D eigenvalue weighted by atomic mass is 16.5. The van der Waals surface area contributed by atoms with Crippen molar-refractivity contribution in [2.75, 3.05) is 54.1 Å². The van der Waals surface area contributed by atoms with Gasteiger partial charge in [0.1, 0.15) is 5.75 Å². The van der Waals surface area contributed by atoms with E-state index in [2.05, 4.69) is 21.9 Å². The van der Waals surface area contributed by atoms with Crippen LogP contribution in [0.4, 0.5) is 0 Å². The van der Waals surface area contributed by atoms with Crippen LogP contribution in [0.15, 0.2) is 48.5 Å². The lowest BCUT2D eigenvalue weighted by molar-refractivity contribution is 0.0600. The van der Waals surface area contributed by atoms with E-state index in [0.717, 1.165) is 45.0 Å². The quantitative estimate of drug-likeness (QED) is 0.495. The Morgan fingerprint density at radius 2 is 1.75 bits per heavy atom. The number of nitrogens with zero attached hydrogens (tertiary/aromatic N) is 2. The molecule has 1 saturated heterocycles. The first-order valence-corrected chi connectivity index (χ1v) is 11.4. The summed E-state index contributed by atoms with van der Waals surface area (Å²) < 4.78 is 15.7. The Balaban J connectivity index is 1.52. The van der Waals surface area contributed by atoms with Gasteiger partial charge in [-0.1, -0.05) is 30.3 Å². The molecule has 1 aliphatic heterocycles. The number of rotatable bonds is 11. The normalized spacial score (nSPS) is 15.1. The second kappa shape index (κ2) is 12.6. The molecule has 0 aliphatic carbocycles. The number of carbonyl (C=O) groups is 1. The molecule has 1 heterocycles. The van der Waals surface area contributed by atoms with E-state index in [4.69, 9.17) is 14.2 Å². The van der Waals surface area contributed by atoms with E-state index in [-0.39, 0.29) is 5.97 Å². The molecule has 0 N–H and O–H groups in total. The van der Waals surface area contributed by atoms with Crippen molar-refractivity contribution in [3.8, 4) is 5.75 Å². The Labute approximate surface area is 192 Å². The van der Waals surface area contributed by atoms with Crippen LogP contribution in [-0.2, 0) is 22.6 Å². The van der Waals surface area contributed by atoms with Crippen LogP contribution in [0.25, 0.3) is 0 Å². The van der Waals surface area contributed by atoms with Gasteiger partial charge in [0, 0.05) is 38.9 Å². The monoisotopic (exact) mass is 440 g/mol. The fourth-order valence-electron chi connectivity index (χ4n) is 4.34.